The molecule has 0 aliphatic rings. The van der Waals surface area contributed by atoms with E-state index in [1.165, 1.54) is 18.2 Å². The third-order valence-corrected chi connectivity index (χ3v) is 5.89. The molecule has 0 radical (unpaired) electrons. The van der Waals surface area contributed by atoms with Crippen LogP contribution in [0.5, 0.6) is 5.75 Å². The molecule has 2 aromatic rings. The summed E-state index contributed by atoms with van der Waals surface area (Å²) >= 11 is 6.15. The van der Waals surface area contributed by atoms with Gasteiger partial charge in [-0.2, -0.15) is 0 Å². The lowest BCUT2D eigenvalue weighted by molar-refractivity contribution is -0.123. The molecule has 0 bridgehead atoms. The zero-order valence-electron chi connectivity index (χ0n) is 16.4. The first-order valence-corrected chi connectivity index (χ1v) is 10.9. The Morgan fingerprint density at radius 1 is 1.17 bits per heavy atom. The van der Waals surface area contributed by atoms with Crippen molar-refractivity contribution in [3.05, 3.63) is 59.1 Å². The lowest BCUT2D eigenvalue weighted by atomic mass is 10.1. The van der Waals surface area contributed by atoms with Gasteiger partial charge in [-0.05, 0) is 37.1 Å². The first-order valence-electron chi connectivity index (χ1n) is 9.08. The number of halogens is 1. The Hall–Kier alpha value is -2.13. The van der Waals surface area contributed by atoms with Crippen LogP contribution in [-0.4, -0.2) is 41.2 Å². The van der Waals surface area contributed by atoms with Crippen molar-refractivity contribution in [2.75, 3.05) is 26.9 Å². The number of carbonyl (C=O) groups is 1. The van der Waals surface area contributed by atoms with Gasteiger partial charge in [0.1, 0.15) is 5.75 Å². The molecule has 0 spiro atoms. The second-order valence-electron chi connectivity index (χ2n) is 6.33. The molecule has 0 unspecified atom stereocenters. The topological polar surface area (TPSA) is 93.7 Å². The first-order chi connectivity index (χ1) is 13.8. The molecule has 1 atom stereocenters. The second kappa shape index (κ2) is 11.2. The van der Waals surface area contributed by atoms with Crippen LogP contribution in [-0.2, 0) is 19.6 Å². The molecule has 2 N–H and O–H groups in total. The molecule has 9 heteroatoms. The summed E-state index contributed by atoms with van der Waals surface area (Å²) in [6.45, 7) is 2.57. The average molecular weight is 441 g/mol. The van der Waals surface area contributed by atoms with E-state index in [0.717, 1.165) is 5.56 Å². The number of nitrogens with one attached hydrogen (secondary N) is 2. The van der Waals surface area contributed by atoms with Crippen molar-refractivity contribution in [3.63, 3.8) is 0 Å². The lowest BCUT2D eigenvalue weighted by Crippen LogP contribution is -2.30. The highest BCUT2D eigenvalue weighted by atomic mass is 35.5. The van der Waals surface area contributed by atoms with Crippen LogP contribution in [0.2, 0.25) is 5.02 Å². The van der Waals surface area contributed by atoms with E-state index in [4.69, 9.17) is 21.1 Å². The van der Waals surface area contributed by atoms with E-state index >= 15 is 0 Å². The fraction of sp³-hybridized carbons (Fsp3) is 0.350. The van der Waals surface area contributed by atoms with Crippen LogP contribution in [0.1, 0.15) is 24.9 Å². The van der Waals surface area contributed by atoms with Crippen LogP contribution in [0.4, 0.5) is 0 Å². The number of hydrogen-bond donors (Lipinski definition) is 2. The Labute approximate surface area is 176 Å². The van der Waals surface area contributed by atoms with E-state index in [-0.39, 0.29) is 28.2 Å². The Kier molecular flexibility index (Phi) is 8.91. The van der Waals surface area contributed by atoms with Gasteiger partial charge >= 0.3 is 0 Å². The minimum atomic E-state index is -3.78. The molecule has 158 valence electrons. The Morgan fingerprint density at radius 2 is 1.90 bits per heavy atom. The molecule has 0 aliphatic heterocycles. The number of benzene rings is 2. The molecule has 1 amide bonds. The quantitative estimate of drug-likeness (QED) is 0.524. The SMILES string of the molecule is COCCCNC(=O)COc1ccc(S(=O)(=O)N[C@@H](C)c2ccccc2)cc1Cl. The summed E-state index contributed by atoms with van der Waals surface area (Å²) in [6.07, 6.45) is 0.698. The van der Waals surface area contributed by atoms with Crippen molar-refractivity contribution in [1.29, 1.82) is 0 Å². The van der Waals surface area contributed by atoms with Gasteiger partial charge in [-0.3, -0.25) is 4.79 Å². The molecule has 0 saturated heterocycles. The van der Waals surface area contributed by atoms with Crippen molar-refractivity contribution < 1.29 is 22.7 Å². The summed E-state index contributed by atoms with van der Waals surface area (Å²) in [5, 5.41) is 2.79. The molecular formula is C20H25ClN2O5S. The van der Waals surface area contributed by atoms with Crippen molar-refractivity contribution in [2.45, 2.75) is 24.3 Å². The van der Waals surface area contributed by atoms with E-state index in [0.29, 0.717) is 19.6 Å². The van der Waals surface area contributed by atoms with Gasteiger partial charge in [-0.1, -0.05) is 41.9 Å². The smallest absolute Gasteiger partial charge is 0.257 e. The fourth-order valence-corrected chi connectivity index (χ4v) is 4.07. The fourth-order valence-electron chi connectivity index (χ4n) is 2.51. The third kappa shape index (κ3) is 7.32. The molecule has 29 heavy (non-hydrogen) atoms. The maximum absolute atomic E-state index is 12.6. The number of rotatable bonds is 11. The average Bonchev–Trinajstić information content (AvgIpc) is 2.70. The predicted octanol–water partition coefficient (Wildman–Crippen LogP) is 2.91. The van der Waals surface area contributed by atoms with Crippen LogP contribution in [0.25, 0.3) is 0 Å². The van der Waals surface area contributed by atoms with Crippen molar-refractivity contribution in [1.82, 2.24) is 10.0 Å². The molecule has 0 fully saturated rings. The van der Waals surface area contributed by atoms with Crippen LogP contribution in [0.3, 0.4) is 0 Å². The van der Waals surface area contributed by atoms with Gasteiger partial charge in [0.15, 0.2) is 6.61 Å². The van der Waals surface area contributed by atoms with Crippen LogP contribution in [0, 0.1) is 0 Å². The normalized spacial score (nSPS) is 12.4. The first kappa shape index (κ1) is 23.2. The monoisotopic (exact) mass is 440 g/mol. The molecule has 0 aliphatic carbocycles. The molecule has 2 aromatic carbocycles. The summed E-state index contributed by atoms with van der Waals surface area (Å²) in [4.78, 5) is 11.8. The second-order valence-corrected chi connectivity index (χ2v) is 8.45. The van der Waals surface area contributed by atoms with Crippen LogP contribution >= 0.6 is 11.6 Å². The zero-order chi connectivity index (χ0) is 21.3. The van der Waals surface area contributed by atoms with Crippen molar-refractivity contribution in [3.8, 4) is 5.75 Å². The van der Waals surface area contributed by atoms with E-state index in [1.807, 2.05) is 30.3 Å². The Morgan fingerprint density at radius 3 is 2.55 bits per heavy atom. The maximum Gasteiger partial charge on any atom is 0.257 e. The Bertz CT molecular complexity index is 906. The maximum atomic E-state index is 12.6. The minimum absolute atomic E-state index is 0.0154. The molecular weight excluding hydrogens is 416 g/mol. The van der Waals surface area contributed by atoms with E-state index < -0.39 is 16.1 Å². The van der Waals surface area contributed by atoms with Gasteiger partial charge in [0.05, 0.1) is 9.92 Å². The summed E-state index contributed by atoms with van der Waals surface area (Å²) in [6, 6.07) is 13.0. The summed E-state index contributed by atoms with van der Waals surface area (Å²) in [5.41, 5.74) is 0.846. The largest absolute Gasteiger partial charge is 0.482 e. The van der Waals surface area contributed by atoms with E-state index in [2.05, 4.69) is 10.0 Å². The Balaban J connectivity index is 1.96. The standard InChI is InChI=1S/C20H25ClN2O5S/c1-15(16-7-4-3-5-8-16)23-29(25,26)17-9-10-19(18(21)13-17)28-14-20(24)22-11-6-12-27-2/h3-5,7-10,13,15,23H,6,11-12,14H2,1-2H3,(H,22,24)/t15-/m0/s1. The molecule has 0 heterocycles. The lowest BCUT2D eigenvalue weighted by Gasteiger charge is -2.15. The molecule has 7 nitrogen and oxygen atoms in total. The third-order valence-electron chi connectivity index (χ3n) is 4.05. The zero-order valence-corrected chi connectivity index (χ0v) is 17.9. The minimum Gasteiger partial charge on any atom is -0.482 e. The molecule has 0 aromatic heterocycles. The number of amides is 1. The van der Waals surface area contributed by atoms with Crippen molar-refractivity contribution in [2.24, 2.45) is 0 Å². The predicted molar refractivity (Wildman–Crippen MR) is 112 cm³/mol. The highest BCUT2D eigenvalue weighted by Crippen LogP contribution is 2.28. The van der Waals surface area contributed by atoms with Crippen LogP contribution < -0.4 is 14.8 Å². The van der Waals surface area contributed by atoms with Crippen molar-refractivity contribution >= 4 is 27.5 Å². The summed E-state index contributed by atoms with van der Waals surface area (Å²) in [7, 11) is -2.18. The van der Waals surface area contributed by atoms with E-state index in [9.17, 15) is 13.2 Å². The van der Waals surface area contributed by atoms with Gasteiger partial charge in [0.25, 0.3) is 5.91 Å². The number of methoxy groups -OCH3 is 1. The van der Waals surface area contributed by atoms with Crippen LogP contribution in [0.15, 0.2) is 53.4 Å². The van der Waals surface area contributed by atoms with Gasteiger partial charge in [0.2, 0.25) is 10.0 Å². The van der Waals surface area contributed by atoms with Gasteiger partial charge in [-0.15, -0.1) is 0 Å². The molecule has 0 saturated carbocycles. The highest BCUT2D eigenvalue weighted by molar-refractivity contribution is 7.89. The molecule has 2 rings (SSSR count). The number of carbonyl (C=O) groups excluding carboxylic acids is 1. The number of ether oxygens (including phenoxy) is 2. The van der Waals surface area contributed by atoms with Gasteiger partial charge in [0, 0.05) is 26.3 Å². The number of sulfonamides is 1. The van der Waals surface area contributed by atoms with Gasteiger partial charge in [-0.25, -0.2) is 13.1 Å². The summed E-state index contributed by atoms with van der Waals surface area (Å²) < 4.78 is 38.2. The number of hydrogen-bond acceptors (Lipinski definition) is 5. The highest BCUT2D eigenvalue weighted by Gasteiger charge is 2.20. The summed E-state index contributed by atoms with van der Waals surface area (Å²) in [5.74, 6) is -0.0685. The van der Waals surface area contributed by atoms with Gasteiger partial charge < -0.3 is 14.8 Å². The van der Waals surface area contributed by atoms with E-state index in [1.54, 1.807) is 14.0 Å².